The van der Waals surface area contributed by atoms with Gasteiger partial charge in [-0.3, -0.25) is 4.79 Å². The highest BCUT2D eigenvalue weighted by Crippen LogP contribution is 1.96. The third-order valence-electron chi connectivity index (χ3n) is 2.09. The van der Waals surface area contributed by atoms with Gasteiger partial charge < -0.3 is 20.9 Å². The van der Waals surface area contributed by atoms with E-state index in [4.69, 9.17) is 15.6 Å². The molecule has 0 saturated heterocycles. The second-order valence-electron chi connectivity index (χ2n) is 3.15. The molecule has 0 aliphatic heterocycles. The van der Waals surface area contributed by atoms with Gasteiger partial charge in [0, 0.05) is 13.7 Å². The number of carbonyl (C=O) groups excluding carboxylic acids is 1. The van der Waals surface area contributed by atoms with Crippen LogP contribution in [0.4, 0.5) is 0 Å². The standard InChI is InChI=1S/C9H20N2O3/c1-3-7(6-12)11-9(13)4-8(5-10)14-2/h7-8,12H,3-6,10H2,1-2H3,(H,11,13). The molecule has 0 aliphatic carbocycles. The Labute approximate surface area is 84.6 Å². The number of aliphatic hydroxyl groups is 1. The Kier molecular flexibility index (Phi) is 7.37. The monoisotopic (exact) mass is 204 g/mol. The summed E-state index contributed by atoms with van der Waals surface area (Å²) in [6, 6.07) is -0.169. The van der Waals surface area contributed by atoms with Gasteiger partial charge in [0.2, 0.25) is 5.91 Å². The minimum absolute atomic E-state index is 0.0392. The van der Waals surface area contributed by atoms with Crippen LogP contribution in [0.3, 0.4) is 0 Å². The van der Waals surface area contributed by atoms with Crippen LogP contribution in [0.15, 0.2) is 0 Å². The summed E-state index contributed by atoms with van der Waals surface area (Å²) in [4.78, 5) is 11.3. The lowest BCUT2D eigenvalue weighted by Crippen LogP contribution is -2.39. The molecule has 5 heteroatoms. The van der Waals surface area contributed by atoms with E-state index < -0.39 is 0 Å². The maximum absolute atomic E-state index is 11.3. The predicted molar refractivity (Wildman–Crippen MR) is 53.8 cm³/mol. The molecule has 1 amide bonds. The van der Waals surface area contributed by atoms with Crippen molar-refractivity contribution in [3.63, 3.8) is 0 Å². The van der Waals surface area contributed by atoms with Gasteiger partial charge in [0.15, 0.2) is 0 Å². The van der Waals surface area contributed by atoms with Gasteiger partial charge >= 0.3 is 0 Å². The van der Waals surface area contributed by atoms with Crippen molar-refractivity contribution < 1.29 is 14.6 Å². The van der Waals surface area contributed by atoms with E-state index in [1.165, 1.54) is 7.11 Å². The average Bonchev–Trinajstić information content (AvgIpc) is 2.22. The van der Waals surface area contributed by atoms with E-state index in [1.807, 2.05) is 6.92 Å². The van der Waals surface area contributed by atoms with Crippen molar-refractivity contribution in [2.24, 2.45) is 5.73 Å². The number of carbonyl (C=O) groups is 1. The molecule has 0 aliphatic rings. The van der Waals surface area contributed by atoms with Crippen molar-refractivity contribution in [3.05, 3.63) is 0 Å². The van der Waals surface area contributed by atoms with Crippen molar-refractivity contribution in [2.45, 2.75) is 31.9 Å². The van der Waals surface area contributed by atoms with Gasteiger partial charge in [0.05, 0.1) is 25.2 Å². The summed E-state index contributed by atoms with van der Waals surface area (Å²) in [5.41, 5.74) is 5.37. The van der Waals surface area contributed by atoms with E-state index in [-0.39, 0.29) is 31.1 Å². The molecule has 0 rings (SSSR count). The lowest BCUT2D eigenvalue weighted by molar-refractivity contribution is -0.124. The smallest absolute Gasteiger partial charge is 0.222 e. The van der Waals surface area contributed by atoms with E-state index in [2.05, 4.69) is 5.32 Å². The van der Waals surface area contributed by atoms with Crippen LogP contribution >= 0.6 is 0 Å². The number of aliphatic hydroxyl groups excluding tert-OH is 1. The molecule has 0 bridgehead atoms. The maximum Gasteiger partial charge on any atom is 0.222 e. The molecular weight excluding hydrogens is 184 g/mol. The summed E-state index contributed by atoms with van der Waals surface area (Å²) in [5.74, 6) is -0.136. The lowest BCUT2D eigenvalue weighted by Gasteiger charge is -2.16. The van der Waals surface area contributed by atoms with Crippen LogP contribution in [0, 0.1) is 0 Å². The first-order valence-electron chi connectivity index (χ1n) is 4.80. The summed E-state index contributed by atoms with van der Waals surface area (Å²) in [5, 5.41) is 11.5. The van der Waals surface area contributed by atoms with E-state index in [0.29, 0.717) is 13.0 Å². The van der Waals surface area contributed by atoms with Crippen LogP contribution in [0.25, 0.3) is 0 Å². The minimum Gasteiger partial charge on any atom is -0.394 e. The van der Waals surface area contributed by atoms with Crippen LogP contribution in [0.1, 0.15) is 19.8 Å². The molecule has 0 radical (unpaired) electrons. The normalized spacial score (nSPS) is 14.9. The van der Waals surface area contributed by atoms with E-state index in [1.54, 1.807) is 0 Å². The van der Waals surface area contributed by atoms with Crippen LogP contribution < -0.4 is 11.1 Å². The molecule has 4 N–H and O–H groups in total. The highest BCUT2D eigenvalue weighted by molar-refractivity contribution is 5.76. The maximum atomic E-state index is 11.3. The molecular formula is C9H20N2O3. The van der Waals surface area contributed by atoms with Gasteiger partial charge in [-0.2, -0.15) is 0 Å². The fourth-order valence-corrected chi connectivity index (χ4v) is 1.03. The first-order valence-corrected chi connectivity index (χ1v) is 4.80. The molecule has 2 unspecified atom stereocenters. The quantitative estimate of drug-likeness (QED) is 0.509. The number of methoxy groups -OCH3 is 1. The zero-order valence-corrected chi connectivity index (χ0v) is 8.82. The number of hydrogen-bond donors (Lipinski definition) is 3. The second kappa shape index (κ2) is 7.73. The van der Waals surface area contributed by atoms with Crippen LogP contribution in [0.2, 0.25) is 0 Å². The molecule has 0 aromatic heterocycles. The van der Waals surface area contributed by atoms with Crippen molar-refractivity contribution in [1.82, 2.24) is 5.32 Å². The number of amides is 1. The highest BCUT2D eigenvalue weighted by Gasteiger charge is 2.14. The zero-order valence-electron chi connectivity index (χ0n) is 8.82. The number of nitrogens with one attached hydrogen (secondary N) is 1. The number of nitrogens with two attached hydrogens (primary N) is 1. The molecule has 5 nitrogen and oxygen atoms in total. The topological polar surface area (TPSA) is 84.6 Å². The van der Waals surface area contributed by atoms with Crippen LogP contribution in [-0.2, 0) is 9.53 Å². The Morgan fingerprint density at radius 3 is 2.64 bits per heavy atom. The SMILES string of the molecule is CCC(CO)NC(=O)CC(CN)OC. The fraction of sp³-hybridized carbons (Fsp3) is 0.889. The molecule has 0 spiro atoms. The van der Waals surface area contributed by atoms with Crippen molar-refractivity contribution >= 4 is 5.91 Å². The summed E-state index contributed by atoms with van der Waals surface area (Å²) < 4.78 is 4.97. The highest BCUT2D eigenvalue weighted by atomic mass is 16.5. The molecule has 84 valence electrons. The molecule has 0 saturated carbocycles. The Morgan fingerprint density at radius 1 is 1.64 bits per heavy atom. The van der Waals surface area contributed by atoms with Gasteiger partial charge in [-0.25, -0.2) is 0 Å². The number of rotatable bonds is 7. The van der Waals surface area contributed by atoms with Gasteiger partial charge in [-0.05, 0) is 6.42 Å². The third-order valence-corrected chi connectivity index (χ3v) is 2.09. The van der Waals surface area contributed by atoms with Crippen molar-refractivity contribution in [1.29, 1.82) is 0 Å². The molecule has 0 aromatic rings. The summed E-state index contributed by atoms with van der Waals surface area (Å²) in [6.45, 7) is 2.18. The zero-order chi connectivity index (χ0) is 11.0. The Morgan fingerprint density at radius 2 is 2.29 bits per heavy atom. The average molecular weight is 204 g/mol. The molecule has 2 atom stereocenters. The fourth-order valence-electron chi connectivity index (χ4n) is 1.03. The van der Waals surface area contributed by atoms with Gasteiger partial charge in [-0.15, -0.1) is 0 Å². The van der Waals surface area contributed by atoms with E-state index in [0.717, 1.165) is 0 Å². The molecule has 0 aromatic carbocycles. The molecule has 0 fully saturated rings. The van der Waals surface area contributed by atoms with Gasteiger partial charge in [-0.1, -0.05) is 6.92 Å². The van der Waals surface area contributed by atoms with Crippen molar-refractivity contribution in [2.75, 3.05) is 20.3 Å². The summed E-state index contributed by atoms with van der Waals surface area (Å²) in [6.07, 6.45) is 0.706. The number of hydrogen-bond acceptors (Lipinski definition) is 4. The van der Waals surface area contributed by atoms with Crippen LogP contribution in [-0.4, -0.2) is 43.4 Å². The Bertz CT molecular complexity index is 140. The summed E-state index contributed by atoms with van der Waals surface area (Å²) >= 11 is 0. The predicted octanol–water partition coefficient (Wildman–Crippen LogP) is -0.763. The first-order chi connectivity index (χ1) is 6.67. The van der Waals surface area contributed by atoms with Gasteiger partial charge in [0.1, 0.15) is 0 Å². The van der Waals surface area contributed by atoms with E-state index in [9.17, 15) is 4.79 Å². The number of ether oxygens (including phenoxy) is 1. The van der Waals surface area contributed by atoms with Crippen molar-refractivity contribution in [3.8, 4) is 0 Å². The van der Waals surface area contributed by atoms with E-state index >= 15 is 0 Å². The second-order valence-corrected chi connectivity index (χ2v) is 3.15. The lowest BCUT2D eigenvalue weighted by atomic mass is 10.2. The largest absolute Gasteiger partial charge is 0.394 e. The van der Waals surface area contributed by atoms with Gasteiger partial charge in [0.25, 0.3) is 0 Å². The van der Waals surface area contributed by atoms with Crippen LogP contribution in [0.5, 0.6) is 0 Å². The summed E-state index contributed by atoms with van der Waals surface area (Å²) in [7, 11) is 1.52. The first kappa shape index (κ1) is 13.4. The molecule has 0 heterocycles. The Balaban J connectivity index is 3.83. The molecule has 14 heavy (non-hydrogen) atoms. The third kappa shape index (κ3) is 5.16. The minimum atomic E-state index is -0.244. The Hall–Kier alpha value is -0.650.